The van der Waals surface area contributed by atoms with Gasteiger partial charge >= 0.3 is 6.03 Å². The van der Waals surface area contributed by atoms with Gasteiger partial charge in [0.2, 0.25) is 20.9 Å². The van der Waals surface area contributed by atoms with Crippen LogP contribution in [0.3, 0.4) is 0 Å². The van der Waals surface area contributed by atoms with Gasteiger partial charge in [0.05, 0.1) is 10.9 Å². The third kappa shape index (κ3) is 8.74. The normalized spacial score (nSPS) is 16.0. The Labute approximate surface area is 247 Å². The van der Waals surface area contributed by atoms with Crippen LogP contribution in [0.25, 0.3) is 0 Å². The molecule has 0 aromatic heterocycles. The minimum atomic E-state index is -4.40. The molecule has 1 heterocycles. The molecule has 222 valence electrons. The van der Waals surface area contributed by atoms with Crippen LogP contribution in [0.2, 0.25) is 0 Å². The molecule has 2 atom stereocenters. The second kappa shape index (κ2) is 14.7. The van der Waals surface area contributed by atoms with Crippen LogP contribution >= 0.6 is 0 Å². The van der Waals surface area contributed by atoms with Gasteiger partial charge in [-0.1, -0.05) is 78.9 Å². The van der Waals surface area contributed by atoms with Crippen LogP contribution in [0.5, 0.6) is 0 Å². The maximum absolute atomic E-state index is 15.4. The number of hydrogen-bond donors (Lipinski definition) is 2. The highest BCUT2D eigenvalue weighted by molar-refractivity contribution is 7.95. The zero-order chi connectivity index (χ0) is 30.0. The van der Waals surface area contributed by atoms with E-state index in [1.165, 1.54) is 24.3 Å². The zero-order valence-corrected chi connectivity index (χ0v) is 24.5. The summed E-state index contributed by atoms with van der Waals surface area (Å²) >= 11 is 0. The van der Waals surface area contributed by atoms with Gasteiger partial charge in [0, 0.05) is 32.6 Å². The Morgan fingerprint density at radius 3 is 1.98 bits per heavy atom. The van der Waals surface area contributed by atoms with E-state index in [0.29, 0.717) is 19.5 Å². The number of benzene rings is 3. The van der Waals surface area contributed by atoms with E-state index in [4.69, 9.17) is 0 Å². The van der Waals surface area contributed by atoms with Crippen LogP contribution in [0.1, 0.15) is 17.5 Å². The first-order chi connectivity index (χ1) is 20.2. The van der Waals surface area contributed by atoms with Crippen molar-refractivity contribution in [3.05, 3.63) is 113 Å². The van der Waals surface area contributed by atoms with E-state index in [1.54, 1.807) is 11.0 Å². The van der Waals surface area contributed by atoms with Crippen molar-refractivity contribution < 1.29 is 22.4 Å². The Bertz CT molecular complexity index is 1450. The summed E-state index contributed by atoms with van der Waals surface area (Å²) in [5.41, 5.74) is 1.80. The lowest BCUT2D eigenvalue weighted by atomic mass is 10.0. The fraction of sp³-hybridized carbons (Fsp3) is 0.312. The molecule has 1 saturated heterocycles. The number of carbonyl (C=O) groups is 2. The number of carbonyl (C=O) groups excluding carboxylic acids is 2. The minimum Gasteiger partial charge on any atom is -0.348 e. The van der Waals surface area contributed by atoms with Gasteiger partial charge in [0.25, 0.3) is 0 Å². The van der Waals surface area contributed by atoms with Crippen LogP contribution < -0.4 is 10.6 Å². The third-order valence-electron chi connectivity index (χ3n) is 7.24. The molecule has 3 aromatic carbocycles. The smallest absolute Gasteiger partial charge is 0.318 e. The molecule has 4 rings (SSSR count). The Morgan fingerprint density at radius 1 is 0.833 bits per heavy atom. The monoisotopic (exact) mass is 592 g/mol. The van der Waals surface area contributed by atoms with Crippen LogP contribution in [0.4, 0.5) is 9.18 Å². The molecule has 42 heavy (non-hydrogen) atoms. The summed E-state index contributed by atoms with van der Waals surface area (Å²) in [6, 6.07) is 23.8. The molecule has 0 unspecified atom stereocenters. The van der Waals surface area contributed by atoms with Crippen LogP contribution in [-0.2, 0) is 27.5 Å². The maximum atomic E-state index is 15.4. The van der Waals surface area contributed by atoms with Crippen molar-refractivity contribution in [2.45, 2.75) is 36.2 Å². The van der Waals surface area contributed by atoms with Crippen molar-refractivity contribution in [3.63, 3.8) is 0 Å². The molecular weight excluding hydrogens is 555 g/mol. The van der Waals surface area contributed by atoms with E-state index >= 15 is 4.39 Å². The van der Waals surface area contributed by atoms with E-state index in [0.717, 1.165) is 30.3 Å². The lowest BCUT2D eigenvalue weighted by Crippen LogP contribution is -2.56. The summed E-state index contributed by atoms with van der Waals surface area (Å²) < 4.78 is 41.2. The predicted molar refractivity (Wildman–Crippen MR) is 161 cm³/mol. The molecule has 0 bridgehead atoms. The lowest BCUT2D eigenvalue weighted by Gasteiger charge is -2.33. The van der Waals surface area contributed by atoms with Crippen molar-refractivity contribution in [1.82, 2.24) is 20.4 Å². The van der Waals surface area contributed by atoms with Crippen molar-refractivity contribution in [2.75, 3.05) is 33.2 Å². The molecule has 1 aliphatic rings. The van der Waals surface area contributed by atoms with Gasteiger partial charge in [-0.3, -0.25) is 4.79 Å². The zero-order valence-electron chi connectivity index (χ0n) is 23.7. The standard InChI is InChI=1S/C32H37FN4O4S/c1-36-19-21-37(22-20-36)32(39)35-29(23-26-13-7-3-8-14-26)31(38)34-27(18-17-25-11-5-2-6-12-25)24-30(33)42(40,41)28-15-9-4-10-16-28/h2-16,24,27,29H,17-23H2,1H3,(H,34,38)(H,35,39)/b30-24+/t27-,29-/m0/s1. The van der Waals surface area contributed by atoms with Crippen molar-refractivity contribution in [3.8, 4) is 0 Å². The molecule has 0 saturated carbocycles. The molecule has 0 spiro atoms. The Hall–Kier alpha value is -4.02. The first kappa shape index (κ1) is 30.9. The summed E-state index contributed by atoms with van der Waals surface area (Å²) in [7, 11) is -2.41. The van der Waals surface area contributed by atoms with Crippen LogP contribution in [0, 0.1) is 0 Å². The van der Waals surface area contributed by atoms with E-state index in [2.05, 4.69) is 15.5 Å². The molecular formula is C32H37FN4O4S. The largest absolute Gasteiger partial charge is 0.348 e. The van der Waals surface area contributed by atoms with Crippen molar-refractivity contribution in [1.29, 1.82) is 0 Å². The van der Waals surface area contributed by atoms with Crippen LogP contribution in [-0.4, -0.2) is 75.5 Å². The number of halogens is 1. The minimum absolute atomic E-state index is 0.173. The highest BCUT2D eigenvalue weighted by atomic mass is 32.2. The SMILES string of the molecule is CN1CCN(C(=O)N[C@@H](Cc2ccccc2)C(=O)N[C@H](/C=C(\F)S(=O)(=O)c2ccccc2)CCc2ccccc2)CC1. The number of nitrogens with one attached hydrogen (secondary N) is 2. The number of piperazine rings is 1. The topological polar surface area (TPSA) is 98.8 Å². The fourth-order valence-corrected chi connectivity index (χ4v) is 5.80. The third-order valence-corrected chi connectivity index (χ3v) is 8.79. The predicted octanol–water partition coefficient (Wildman–Crippen LogP) is 3.96. The maximum Gasteiger partial charge on any atom is 0.318 e. The number of urea groups is 1. The number of amides is 3. The Balaban J connectivity index is 1.56. The Kier molecular flexibility index (Phi) is 10.9. The number of aryl methyl sites for hydroxylation is 1. The lowest BCUT2D eigenvalue weighted by molar-refractivity contribution is -0.123. The molecule has 1 aliphatic heterocycles. The quantitative estimate of drug-likeness (QED) is 0.351. The number of likely N-dealkylation sites (N-methyl/N-ethyl adjacent to an activating group) is 1. The molecule has 8 nitrogen and oxygen atoms in total. The highest BCUT2D eigenvalue weighted by Crippen LogP contribution is 2.21. The van der Waals surface area contributed by atoms with Gasteiger partial charge in [0.1, 0.15) is 6.04 Å². The summed E-state index contributed by atoms with van der Waals surface area (Å²) in [5, 5.41) is 4.34. The van der Waals surface area contributed by atoms with Crippen molar-refractivity contribution in [2.24, 2.45) is 0 Å². The van der Waals surface area contributed by atoms with Gasteiger partial charge in [0.15, 0.2) is 0 Å². The fourth-order valence-electron chi connectivity index (χ4n) is 4.72. The van der Waals surface area contributed by atoms with Gasteiger partial charge in [-0.05, 0) is 49.2 Å². The highest BCUT2D eigenvalue weighted by Gasteiger charge is 2.28. The van der Waals surface area contributed by atoms with E-state index in [-0.39, 0.29) is 23.8 Å². The molecule has 1 fully saturated rings. The summed E-state index contributed by atoms with van der Waals surface area (Å²) in [5.74, 6) is -0.527. The van der Waals surface area contributed by atoms with Gasteiger partial charge in [-0.15, -0.1) is 0 Å². The molecule has 0 aliphatic carbocycles. The van der Waals surface area contributed by atoms with Crippen molar-refractivity contribution >= 4 is 21.8 Å². The van der Waals surface area contributed by atoms with Gasteiger partial charge in [-0.2, -0.15) is 4.39 Å². The number of sulfone groups is 1. The van der Waals surface area contributed by atoms with Gasteiger partial charge < -0.3 is 20.4 Å². The molecule has 3 aromatic rings. The van der Waals surface area contributed by atoms with Crippen LogP contribution in [0.15, 0.2) is 107 Å². The number of rotatable bonds is 11. The molecule has 3 amide bonds. The van der Waals surface area contributed by atoms with E-state index < -0.39 is 33.0 Å². The second-order valence-corrected chi connectivity index (χ2v) is 12.3. The molecule has 2 N–H and O–H groups in total. The summed E-state index contributed by atoms with van der Waals surface area (Å²) in [6.07, 6.45) is 1.88. The number of nitrogens with zero attached hydrogens (tertiary/aromatic N) is 2. The summed E-state index contributed by atoms with van der Waals surface area (Å²) in [6.45, 7) is 2.52. The Morgan fingerprint density at radius 2 is 1.38 bits per heavy atom. The first-order valence-corrected chi connectivity index (χ1v) is 15.5. The first-order valence-electron chi connectivity index (χ1n) is 14.0. The van der Waals surface area contributed by atoms with E-state index in [9.17, 15) is 18.0 Å². The number of hydrogen-bond acceptors (Lipinski definition) is 5. The summed E-state index contributed by atoms with van der Waals surface area (Å²) in [4.78, 5) is 30.4. The second-order valence-electron chi connectivity index (χ2n) is 10.4. The average Bonchev–Trinajstić information content (AvgIpc) is 3.01. The van der Waals surface area contributed by atoms with Gasteiger partial charge in [-0.25, -0.2) is 13.2 Å². The van der Waals surface area contributed by atoms with E-state index in [1.807, 2.05) is 67.7 Å². The average molecular weight is 593 g/mol. The molecule has 10 heteroatoms. The molecule has 0 radical (unpaired) electrons.